The minimum absolute atomic E-state index is 0.115. The van der Waals surface area contributed by atoms with Crippen LogP contribution in [0.15, 0.2) is 0 Å². The topological polar surface area (TPSA) is 49.8 Å². The molecule has 0 spiro atoms. The van der Waals surface area contributed by atoms with Crippen molar-refractivity contribution in [2.24, 2.45) is 5.92 Å². The maximum atomic E-state index is 11.2. The van der Waals surface area contributed by atoms with Crippen LogP contribution >= 0.6 is 0 Å². The largest absolute Gasteiger partial charge is 0.387 e. The zero-order chi connectivity index (χ0) is 9.84. The Balaban J connectivity index is 2.46. The van der Waals surface area contributed by atoms with Crippen LogP contribution in [0.4, 0.5) is 0 Å². The molecule has 4 nitrogen and oxygen atoms in total. The summed E-state index contributed by atoms with van der Waals surface area (Å²) in [6.45, 7) is 5.52. The van der Waals surface area contributed by atoms with Gasteiger partial charge in [0.05, 0.1) is 12.7 Å². The summed E-state index contributed by atoms with van der Waals surface area (Å²) in [7, 11) is 0. The van der Waals surface area contributed by atoms with Crippen molar-refractivity contribution in [3.8, 4) is 0 Å². The maximum Gasteiger partial charge on any atom is 0.248 e. The summed E-state index contributed by atoms with van der Waals surface area (Å²) in [4.78, 5) is 12.8. The van der Waals surface area contributed by atoms with E-state index in [9.17, 15) is 4.79 Å². The van der Waals surface area contributed by atoms with Gasteiger partial charge in [-0.1, -0.05) is 13.8 Å². The molecule has 1 unspecified atom stereocenters. The predicted octanol–water partition coefficient (Wildman–Crippen LogP) is -0.138. The van der Waals surface area contributed by atoms with Crippen molar-refractivity contribution in [2.45, 2.75) is 20.0 Å². The van der Waals surface area contributed by atoms with E-state index in [1.165, 1.54) is 0 Å². The Hall–Kier alpha value is -0.610. The van der Waals surface area contributed by atoms with Crippen molar-refractivity contribution in [3.05, 3.63) is 0 Å². The normalized spacial score (nSPS) is 23.7. The van der Waals surface area contributed by atoms with Crippen LogP contribution in [0.5, 0.6) is 0 Å². The monoisotopic (exact) mass is 187 g/mol. The molecule has 0 aromatic heterocycles. The van der Waals surface area contributed by atoms with Gasteiger partial charge in [0.15, 0.2) is 0 Å². The third kappa shape index (κ3) is 2.67. The summed E-state index contributed by atoms with van der Waals surface area (Å²) in [5.41, 5.74) is 0. The second-order valence-electron chi connectivity index (χ2n) is 3.65. The van der Waals surface area contributed by atoms with Crippen LogP contribution in [0.3, 0.4) is 0 Å². The molecule has 76 valence electrons. The minimum atomic E-state index is -0.398. The second-order valence-corrected chi connectivity index (χ2v) is 3.65. The number of carbonyl (C=O) groups is 1. The molecule has 1 heterocycles. The number of hydrogen-bond donors (Lipinski definition) is 1. The van der Waals surface area contributed by atoms with E-state index < -0.39 is 6.61 Å². The summed E-state index contributed by atoms with van der Waals surface area (Å²) in [6.07, 6.45) is 0.115. The third-order valence-corrected chi connectivity index (χ3v) is 2.32. The zero-order valence-electron chi connectivity index (χ0n) is 8.19. The lowest BCUT2D eigenvalue weighted by Gasteiger charge is -2.34. The van der Waals surface area contributed by atoms with Crippen molar-refractivity contribution >= 4 is 5.91 Å². The Kier molecular flexibility index (Phi) is 3.69. The first-order valence-corrected chi connectivity index (χ1v) is 4.65. The molecule has 0 saturated carbocycles. The van der Waals surface area contributed by atoms with Gasteiger partial charge in [-0.05, 0) is 5.92 Å². The SMILES string of the molecule is CC(C)C1CN(C(=O)CO)CCO1. The van der Waals surface area contributed by atoms with Crippen molar-refractivity contribution in [3.63, 3.8) is 0 Å². The molecule has 0 radical (unpaired) electrons. The molecule has 0 aromatic rings. The molecule has 0 aromatic carbocycles. The molecule has 1 aliphatic heterocycles. The molecule has 0 bridgehead atoms. The average Bonchev–Trinajstić information content (AvgIpc) is 2.17. The van der Waals surface area contributed by atoms with Crippen LogP contribution in [0.2, 0.25) is 0 Å². The Morgan fingerprint density at radius 1 is 1.69 bits per heavy atom. The highest BCUT2D eigenvalue weighted by atomic mass is 16.5. The molecule has 1 fully saturated rings. The molecule has 1 amide bonds. The van der Waals surface area contributed by atoms with Crippen LogP contribution in [0.1, 0.15) is 13.8 Å². The number of ether oxygens (including phenoxy) is 1. The fourth-order valence-electron chi connectivity index (χ4n) is 1.41. The van der Waals surface area contributed by atoms with Crippen molar-refractivity contribution in [2.75, 3.05) is 26.3 Å². The van der Waals surface area contributed by atoms with Gasteiger partial charge in [0.2, 0.25) is 5.91 Å². The van der Waals surface area contributed by atoms with Gasteiger partial charge in [0, 0.05) is 13.1 Å². The number of amides is 1. The van der Waals surface area contributed by atoms with Crippen LogP contribution < -0.4 is 0 Å². The summed E-state index contributed by atoms with van der Waals surface area (Å²) >= 11 is 0. The first-order valence-electron chi connectivity index (χ1n) is 4.65. The fraction of sp³-hybridized carbons (Fsp3) is 0.889. The van der Waals surface area contributed by atoms with E-state index in [1.54, 1.807) is 4.90 Å². The standard InChI is InChI=1S/C9H17NO3/c1-7(2)8-5-10(3-4-13-8)9(12)6-11/h7-8,11H,3-6H2,1-2H3. The molecular formula is C9H17NO3. The van der Waals surface area contributed by atoms with Crippen LogP contribution in [0, 0.1) is 5.92 Å². The first-order chi connectivity index (χ1) is 6.15. The Bertz CT molecular complexity index is 182. The minimum Gasteiger partial charge on any atom is -0.387 e. The summed E-state index contributed by atoms with van der Waals surface area (Å²) in [5, 5.41) is 8.68. The first kappa shape index (κ1) is 10.5. The molecule has 4 heteroatoms. The number of carbonyl (C=O) groups excluding carboxylic acids is 1. The summed E-state index contributed by atoms with van der Waals surface area (Å²) in [5.74, 6) is 0.211. The molecule has 1 atom stereocenters. The quantitative estimate of drug-likeness (QED) is 0.654. The lowest BCUT2D eigenvalue weighted by Crippen LogP contribution is -2.48. The van der Waals surface area contributed by atoms with Gasteiger partial charge in [-0.15, -0.1) is 0 Å². The van der Waals surface area contributed by atoms with Crippen molar-refractivity contribution < 1.29 is 14.6 Å². The number of hydrogen-bond acceptors (Lipinski definition) is 3. The van der Waals surface area contributed by atoms with E-state index >= 15 is 0 Å². The highest BCUT2D eigenvalue weighted by Gasteiger charge is 2.25. The third-order valence-electron chi connectivity index (χ3n) is 2.32. The summed E-state index contributed by atoms with van der Waals surface area (Å²) in [6, 6.07) is 0. The molecule has 1 aliphatic rings. The Morgan fingerprint density at radius 2 is 2.38 bits per heavy atom. The lowest BCUT2D eigenvalue weighted by atomic mass is 10.1. The highest BCUT2D eigenvalue weighted by Crippen LogP contribution is 2.13. The van der Waals surface area contributed by atoms with Gasteiger partial charge < -0.3 is 14.7 Å². The number of morpholine rings is 1. The van der Waals surface area contributed by atoms with E-state index in [4.69, 9.17) is 9.84 Å². The molecule has 0 aliphatic carbocycles. The van der Waals surface area contributed by atoms with Crippen molar-refractivity contribution in [1.29, 1.82) is 0 Å². The fourth-order valence-corrected chi connectivity index (χ4v) is 1.41. The predicted molar refractivity (Wildman–Crippen MR) is 48.2 cm³/mol. The van der Waals surface area contributed by atoms with Gasteiger partial charge in [-0.2, -0.15) is 0 Å². The molecule has 1 rings (SSSR count). The van der Waals surface area contributed by atoms with E-state index in [0.717, 1.165) is 0 Å². The van der Waals surface area contributed by atoms with Gasteiger partial charge in [0.1, 0.15) is 6.61 Å². The second kappa shape index (κ2) is 4.58. The average molecular weight is 187 g/mol. The van der Waals surface area contributed by atoms with Gasteiger partial charge >= 0.3 is 0 Å². The van der Waals surface area contributed by atoms with Crippen molar-refractivity contribution in [1.82, 2.24) is 4.90 Å². The smallest absolute Gasteiger partial charge is 0.248 e. The van der Waals surface area contributed by atoms with Crippen LogP contribution in [-0.4, -0.2) is 48.3 Å². The molecule has 1 N–H and O–H groups in total. The summed E-state index contributed by atoms with van der Waals surface area (Å²) < 4.78 is 5.49. The Morgan fingerprint density at radius 3 is 2.92 bits per heavy atom. The zero-order valence-corrected chi connectivity index (χ0v) is 8.19. The Labute approximate surface area is 78.5 Å². The van der Waals surface area contributed by atoms with Crippen LogP contribution in [-0.2, 0) is 9.53 Å². The van der Waals surface area contributed by atoms with Crippen LogP contribution in [0.25, 0.3) is 0 Å². The molecule has 13 heavy (non-hydrogen) atoms. The molecule has 1 saturated heterocycles. The number of aliphatic hydroxyl groups excluding tert-OH is 1. The van der Waals surface area contributed by atoms with E-state index in [2.05, 4.69) is 13.8 Å². The van der Waals surface area contributed by atoms with E-state index in [-0.39, 0.29) is 12.0 Å². The maximum absolute atomic E-state index is 11.2. The lowest BCUT2D eigenvalue weighted by molar-refractivity contribution is -0.143. The van der Waals surface area contributed by atoms with E-state index in [0.29, 0.717) is 25.6 Å². The molecular weight excluding hydrogens is 170 g/mol. The number of rotatable bonds is 2. The van der Waals surface area contributed by atoms with Gasteiger partial charge in [0.25, 0.3) is 0 Å². The number of aliphatic hydroxyl groups is 1. The van der Waals surface area contributed by atoms with E-state index in [1.807, 2.05) is 0 Å². The highest BCUT2D eigenvalue weighted by molar-refractivity contribution is 5.77. The van der Waals surface area contributed by atoms with Gasteiger partial charge in [-0.3, -0.25) is 4.79 Å². The number of nitrogens with zero attached hydrogens (tertiary/aromatic N) is 1. The van der Waals surface area contributed by atoms with Gasteiger partial charge in [-0.25, -0.2) is 0 Å².